The molecule has 1 aliphatic rings. The van der Waals surface area contributed by atoms with Crippen molar-refractivity contribution in [2.45, 2.75) is 58.3 Å². The summed E-state index contributed by atoms with van der Waals surface area (Å²) < 4.78 is 0. The number of allylic oxidation sites excluding steroid dienone is 1. The summed E-state index contributed by atoms with van der Waals surface area (Å²) in [6.07, 6.45) is 16.2. The van der Waals surface area contributed by atoms with E-state index in [-0.39, 0.29) is 0 Å². The molecular formula is C19H28. The summed E-state index contributed by atoms with van der Waals surface area (Å²) in [5.74, 6) is 1.84. The van der Waals surface area contributed by atoms with E-state index in [0.717, 1.165) is 11.8 Å². The Labute approximate surface area is 118 Å². The minimum absolute atomic E-state index is 0.822. The summed E-state index contributed by atoms with van der Waals surface area (Å²) in [5.41, 5.74) is 1.34. The highest BCUT2D eigenvalue weighted by Crippen LogP contribution is 2.32. The highest BCUT2D eigenvalue weighted by molar-refractivity contribution is 5.48. The van der Waals surface area contributed by atoms with Gasteiger partial charge in [-0.1, -0.05) is 75.1 Å². The average molecular weight is 256 g/mol. The van der Waals surface area contributed by atoms with Crippen molar-refractivity contribution in [2.24, 2.45) is 11.8 Å². The second-order valence-electron chi connectivity index (χ2n) is 6.05. The average Bonchev–Trinajstić information content (AvgIpc) is 2.48. The first-order chi connectivity index (χ1) is 9.38. The maximum absolute atomic E-state index is 2.44. The Morgan fingerprint density at radius 3 is 2.42 bits per heavy atom. The Morgan fingerprint density at radius 2 is 1.74 bits per heavy atom. The summed E-state index contributed by atoms with van der Waals surface area (Å²) in [5, 5.41) is 0. The Morgan fingerprint density at radius 1 is 1.00 bits per heavy atom. The number of benzene rings is 1. The largest absolute Gasteiger partial charge is 0.0808 e. The van der Waals surface area contributed by atoms with E-state index in [1.165, 1.54) is 56.9 Å². The van der Waals surface area contributed by atoms with Crippen molar-refractivity contribution in [3.63, 3.8) is 0 Å². The maximum atomic E-state index is 2.44. The Bertz CT molecular complexity index is 355. The molecule has 0 amide bonds. The van der Waals surface area contributed by atoms with Crippen LogP contribution in [-0.2, 0) is 0 Å². The van der Waals surface area contributed by atoms with Gasteiger partial charge >= 0.3 is 0 Å². The van der Waals surface area contributed by atoms with E-state index in [4.69, 9.17) is 0 Å². The zero-order chi connectivity index (χ0) is 13.3. The van der Waals surface area contributed by atoms with Gasteiger partial charge in [0.1, 0.15) is 0 Å². The molecule has 2 rings (SSSR count). The first kappa shape index (κ1) is 14.4. The van der Waals surface area contributed by atoms with E-state index in [9.17, 15) is 0 Å². The lowest BCUT2D eigenvalue weighted by atomic mass is 9.79. The lowest BCUT2D eigenvalue weighted by molar-refractivity contribution is 0.290. The monoisotopic (exact) mass is 256 g/mol. The fraction of sp³-hybridized carbons (Fsp3) is 0.579. The molecule has 1 aromatic carbocycles. The molecule has 0 nitrogen and oxygen atoms in total. The van der Waals surface area contributed by atoms with Gasteiger partial charge in [0.15, 0.2) is 0 Å². The van der Waals surface area contributed by atoms with Crippen LogP contribution in [0.15, 0.2) is 36.4 Å². The molecule has 0 atom stereocenters. The molecule has 0 heteroatoms. The van der Waals surface area contributed by atoms with E-state index in [2.05, 4.69) is 49.4 Å². The highest BCUT2D eigenvalue weighted by Gasteiger charge is 2.18. The Kier molecular flexibility index (Phi) is 6.20. The van der Waals surface area contributed by atoms with Crippen molar-refractivity contribution in [3.05, 3.63) is 42.0 Å². The Balaban J connectivity index is 1.70. The molecule has 0 N–H and O–H groups in total. The molecule has 0 spiro atoms. The third-order valence-corrected chi connectivity index (χ3v) is 4.47. The van der Waals surface area contributed by atoms with Crippen LogP contribution in [0.4, 0.5) is 0 Å². The first-order valence-corrected chi connectivity index (χ1v) is 8.11. The van der Waals surface area contributed by atoms with Gasteiger partial charge in [0, 0.05) is 0 Å². The number of hydrogen-bond acceptors (Lipinski definition) is 0. The van der Waals surface area contributed by atoms with Crippen LogP contribution in [0.2, 0.25) is 0 Å². The van der Waals surface area contributed by atoms with Crippen LogP contribution < -0.4 is 0 Å². The molecule has 1 fully saturated rings. The number of unbranched alkanes of at least 4 members (excludes halogenated alkanes) is 2. The van der Waals surface area contributed by atoms with E-state index < -0.39 is 0 Å². The van der Waals surface area contributed by atoms with E-state index >= 15 is 0 Å². The zero-order valence-corrected chi connectivity index (χ0v) is 12.4. The van der Waals surface area contributed by atoms with E-state index in [1.807, 2.05) is 0 Å². The van der Waals surface area contributed by atoms with Crippen molar-refractivity contribution in [2.75, 3.05) is 0 Å². The van der Waals surface area contributed by atoms with Crippen LogP contribution in [0.1, 0.15) is 63.9 Å². The molecule has 0 unspecified atom stereocenters. The van der Waals surface area contributed by atoms with Crippen molar-refractivity contribution in [1.29, 1.82) is 0 Å². The molecule has 0 radical (unpaired) electrons. The smallest absolute Gasteiger partial charge is 0.0230 e. The van der Waals surface area contributed by atoms with Gasteiger partial charge < -0.3 is 0 Å². The second kappa shape index (κ2) is 8.19. The van der Waals surface area contributed by atoms with Gasteiger partial charge in [-0.15, -0.1) is 0 Å². The Hall–Kier alpha value is -1.04. The van der Waals surface area contributed by atoms with Gasteiger partial charge in [0.2, 0.25) is 0 Å². The quantitative estimate of drug-likeness (QED) is 0.540. The molecule has 0 saturated heterocycles. The van der Waals surface area contributed by atoms with Crippen molar-refractivity contribution in [3.8, 4) is 0 Å². The molecule has 104 valence electrons. The van der Waals surface area contributed by atoms with Gasteiger partial charge in [-0.3, -0.25) is 0 Å². The maximum Gasteiger partial charge on any atom is -0.0230 e. The van der Waals surface area contributed by atoms with Gasteiger partial charge in [-0.25, -0.2) is 0 Å². The molecule has 1 aromatic rings. The van der Waals surface area contributed by atoms with Crippen LogP contribution in [0, 0.1) is 11.8 Å². The summed E-state index contributed by atoms with van der Waals surface area (Å²) in [6.45, 7) is 2.30. The molecule has 1 saturated carbocycles. The van der Waals surface area contributed by atoms with E-state index in [0.29, 0.717) is 0 Å². The minimum Gasteiger partial charge on any atom is -0.0808 e. The van der Waals surface area contributed by atoms with Gasteiger partial charge in [-0.2, -0.15) is 0 Å². The van der Waals surface area contributed by atoms with Gasteiger partial charge in [0.25, 0.3) is 0 Å². The van der Waals surface area contributed by atoms with Crippen molar-refractivity contribution in [1.82, 2.24) is 0 Å². The first-order valence-electron chi connectivity index (χ1n) is 8.11. The normalized spacial score (nSPS) is 23.8. The van der Waals surface area contributed by atoms with Gasteiger partial charge in [-0.05, 0) is 43.1 Å². The molecular weight excluding hydrogens is 228 g/mol. The zero-order valence-electron chi connectivity index (χ0n) is 12.4. The minimum atomic E-state index is 0.822. The van der Waals surface area contributed by atoms with Gasteiger partial charge in [0.05, 0.1) is 0 Å². The molecule has 0 aliphatic heterocycles. The lowest BCUT2D eigenvalue weighted by Gasteiger charge is -2.26. The summed E-state index contributed by atoms with van der Waals surface area (Å²) in [6, 6.07) is 10.7. The van der Waals surface area contributed by atoms with Crippen LogP contribution in [-0.4, -0.2) is 0 Å². The van der Waals surface area contributed by atoms with Crippen molar-refractivity contribution >= 4 is 6.08 Å². The van der Waals surface area contributed by atoms with Crippen molar-refractivity contribution < 1.29 is 0 Å². The number of hydrogen-bond donors (Lipinski definition) is 0. The van der Waals surface area contributed by atoms with Crippen LogP contribution >= 0.6 is 0 Å². The third kappa shape index (κ3) is 5.22. The summed E-state index contributed by atoms with van der Waals surface area (Å²) in [7, 11) is 0. The lowest BCUT2D eigenvalue weighted by Crippen LogP contribution is -2.12. The number of rotatable bonds is 6. The SMILES string of the molecule is CCCCC[C@H]1CC[C@H](C=Cc2ccccc2)CC1. The second-order valence-corrected chi connectivity index (χ2v) is 6.05. The van der Waals surface area contributed by atoms with Crippen LogP contribution in [0.5, 0.6) is 0 Å². The standard InChI is InChI=1S/C19H28/c1-2-3-5-8-18-12-15-19(16-13-18)14-11-17-9-6-4-7-10-17/h4,6-7,9-11,14,18-19H,2-3,5,8,12-13,15-16H2,1H3/t18-,19-. The topological polar surface area (TPSA) is 0 Å². The molecule has 0 aromatic heterocycles. The molecule has 19 heavy (non-hydrogen) atoms. The molecule has 0 heterocycles. The molecule has 1 aliphatic carbocycles. The van der Waals surface area contributed by atoms with E-state index in [1.54, 1.807) is 0 Å². The predicted octanol–water partition coefficient (Wildman–Crippen LogP) is 6.09. The summed E-state index contributed by atoms with van der Waals surface area (Å²) >= 11 is 0. The predicted molar refractivity (Wildman–Crippen MR) is 85.1 cm³/mol. The summed E-state index contributed by atoms with van der Waals surface area (Å²) in [4.78, 5) is 0. The third-order valence-electron chi connectivity index (χ3n) is 4.47. The fourth-order valence-corrected chi connectivity index (χ4v) is 3.16. The highest BCUT2D eigenvalue weighted by atomic mass is 14.2. The molecule has 0 bridgehead atoms. The van der Waals surface area contributed by atoms with Crippen LogP contribution in [0.25, 0.3) is 6.08 Å². The fourth-order valence-electron chi connectivity index (χ4n) is 3.16. The van der Waals surface area contributed by atoms with Crippen LogP contribution in [0.3, 0.4) is 0 Å².